The minimum Gasteiger partial charge on any atom is -0.494 e. The molecule has 1 aromatic heterocycles. The molecule has 3 rings (SSSR count). The van der Waals surface area contributed by atoms with Crippen LogP contribution in [0, 0.1) is 13.8 Å². The third-order valence-electron chi connectivity index (χ3n) is 3.98. The molecule has 1 amide bonds. The average Bonchev–Trinajstić information content (AvgIpc) is 3.10. The van der Waals surface area contributed by atoms with Crippen LogP contribution in [0.3, 0.4) is 0 Å². The molecule has 0 aliphatic rings. The van der Waals surface area contributed by atoms with Crippen molar-refractivity contribution < 1.29 is 13.9 Å². The first-order valence-electron chi connectivity index (χ1n) is 9.01. The summed E-state index contributed by atoms with van der Waals surface area (Å²) in [7, 11) is 0. The molecule has 140 valence electrons. The normalized spacial score (nSPS) is 10.6. The zero-order chi connectivity index (χ0) is 19.2. The summed E-state index contributed by atoms with van der Waals surface area (Å²) < 4.78 is 11.2. The van der Waals surface area contributed by atoms with Crippen molar-refractivity contribution in [2.75, 3.05) is 11.9 Å². The lowest BCUT2D eigenvalue weighted by molar-refractivity contribution is 0.102. The molecule has 0 aliphatic carbocycles. The maximum Gasteiger partial charge on any atom is 0.322 e. The number of hydrogen-bond donors (Lipinski definition) is 1. The Kier molecular flexibility index (Phi) is 5.86. The monoisotopic (exact) mass is 365 g/mol. The first-order valence-corrected chi connectivity index (χ1v) is 9.01. The zero-order valence-electron chi connectivity index (χ0n) is 15.8. The van der Waals surface area contributed by atoms with Crippen molar-refractivity contribution >= 4 is 11.9 Å². The summed E-state index contributed by atoms with van der Waals surface area (Å²) in [5.74, 6) is 0.706. The Morgan fingerprint density at radius 2 is 1.89 bits per heavy atom. The molecule has 1 heterocycles. The van der Waals surface area contributed by atoms with Gasteiger partial charge in [0, 0.05) is 11.1 Å². The molecule has 0 unspecified atom stereocenters. The number of ether oxygens (including phenoxy) is 1. The molecule has 27 heavy (non-hydrogen) atoms. The molecule has 1 N–H and O–H groups in total. The van der Waals surface area contributed by atoms with Gasteiger partial charge in [-0.2, -0.15) is 0 Å². The summed E-state index contributed by atoms with van der Waals surface area (Å²) in [4.78, 5) is 12.5. The van der Waals surface area contributed by atoms with E-state index in [1.54, 1.807) is 18.2 Å². The fourth-order valence-corrected chi connectivity index (χ4v) is 2.72. The number of rotatable bonds is 7. The molecule has 2 aromatic carbocycles. The minimum atomic E-state index is -0.327. The van der Waals surface area contributed by atoms with Gasteiger partial charge in [0.25, 0.3) is 5.91 Å². The number of carbonyl (C=O) groups excluding carboxylic acids is 1. The van der Waals surface area contributed by atoms with E-state index >= 15 is 0 Å². The number of nitrogens with zero attached hydrogens (tertiary/aromatic N) is 2. The Morgan fingerprint density at radius 1 is 1.11 bits per heavy atom. The molecular weight excluding hydrogens is 342 g/mol. The molecule has 0 saturated carbocycles. The number of aromatic nitrogens is 2. The lowest BCUT2D eigenvalue weighted by Crippen LogP contribution is -2.12. The molecule has 0 saturated heterocycles. The maximum absolute atomic E-state index is 12.5. The van der Waals surface area contributed by atoms with Gasteiger partial charge < -0.3 is 9.15 Å². The third kappa shape index (κ3) is 4.94. The van der Waals surface area contributed by atoms with Crippen molar-refractivity contribution in [3.63, 3.8) is 0 Å². The highest BCUT2D eigenvalue weighted by molar-refractivity contribution is 6.03. The Bertz CT molecular complexity index is 914. The van der Waals surface area contributed by atoms with E-state index in [1.807, 2.05) is 32.0 Å². The molecule has 0 radical (unpaired) electrons. The molecule has 3 aromatic rings. The highest BCUT2D eigenvalue weighted by Crippen LogP contribution is 2.23. The van der Waals surface area contributed by atoms with Crippen LogP contribution >= 0.6 is 0 Å². The number of nitrogens with one attached hydrogen (secondary N) is 1. The first-order chi connectivity index (χ1) is 13.0. The smallest absolute Gasteiger partial charge is 0.322 e. The van der Waals surface area contributed by atoms with Crippen molar-refractivity contribution in [3.05, 3.63) is 59.2 Å². The van der Waals surface area contributed by atoms with Gasteiger partial charge in [-0.3, -0.25) is 10.1 Å². The van der Waals surface area contributed by atoms with E-state index in [1.165, 1.54) is 0 Å². The van der Waals surface area contributed by atoms with Crippen molar-refractivity contribution in [2.24, 2.45) is 0 Å². The van der Waals surface area contributed by atoms with Crippen LogP contribution in [0.4, 0.5) is 6.01 Å². The number of benzene rings is 2. The number of aryl methyl sites for hydroxylation is 2. The summed E-state index contributed by atoms with van der Waals surface area (Å²) in [6, 6.07) is 13.1. The van der Waals surface area contributed by atoms with Crippen LogP contribution in [0.1, 0.15) is 41.3 Å². The Hall–Kier alpha value is -3.15. The molecule has 6 heteroatoms. The van der Waals surface area contributed by atoms with E-state index in [2.05, 4.69) is 28.5 Å². The summed E-state index contributed by atoms with van der Waals surface area (Å²) in [6.45, 7) is 6.74. The second-order valence-electron chi connectivity index (χ2n) is 6.47. The minimum absolute atomic E-state index is 0.0615. The molecule has 6 nitrogen and oxygen atoms in total. The number of amides is 1. The topological polar surface area (TPSA) is 77.2 Å². The summed E-state index contributed by atoms with van der Waals surface area (Å²) in [5.41, 5.74) is 3.50. The fourth-order valence-electron chi connectivity index (χ4n) is 2.72. The summed E-state index contributed by atoms with van der Waals surface area (Å²) in [6.07, 6.45) is 2.03. The number of unbranched alkanes of at least 4 members (excludes halogenated alkanes) is 1. The van der Waals surface area contributed by atoms with Gasteiger partial charge in [0.2, 0.25) is 5.89 Å². The van der Waals surface area contributed by atoms with E-state index in [-0.39, 0.29) is 11.9 Å². The predicted molar refractivity (Wildman–Crippen MR) is 104 cm³/mol. The predicted octanol–water partition coefficient (Wildman–Crippen LogP) is 4.78. The van der Waals surface area contributed by atoms with Gasteiger partial charge >= 0.3 is 6.01 Å². The van der Waals surface area contributed by atoms with Crippen LogP contribution in [0.25, 0.3) is 11.5 Å². The van der Waals surface area contributed by atoms with Gasteiger partial charge in [-0.15, -0.1) is 5.10 Å². The highest BCUT2D eigenvalue weighted by Gasteiger charge is 2.14. The van der Waals surface area contributed by atoms with Crippen LogP contribution in [-0.2, 0) is 0 Å². The van der Waals surface area contributed by atoms with Gasteiger partial charge in [0.1, 0.15) is 5.75 Å². The van der Waals surface area contributed by atoms with Crippen molar-refractivity contribution in [2.45, 2.75) is 33.6 Å². The van der Waals surface area contributed by atoms with Crippen LogP contribution in [0.15, 0.2) is 46.9 Å². The van der Waals surface area contributed by atoms with Gasteiger partial charge in [-0.05, 0) is 50.6 Å². The van der Waals surface area contributed by atoms with Crippen LogP contribution in [-0.4, -0.2) is 22.7 Å². The maximum atomic E-state index is 12.5. The quantitative estimate of drug-likeness (QED) is 0.609. The van der Waals surface area contributed by atoms with E-state index < -0.39 is 0 Å². The third-order valence-corrected chi connectivity index (χ3v) is 3.98. The Labute approximate surface area is 158 Å². The largest absolute Gasteiger partial charge is 0.494 e. The van der Waals surface area contributed by atoms with Crippen molar-refractivity contribution in [1.29, 1.82) is 0 Å². The number of hydrogen-bond acceptors (Lipinski definition) is 5. The van der Waals surface area contributed by atoms with Crippen LogP contribution in [0.2, 0.25) is 0 Å². The number of carbonyl (C=O) groups is 1. The lowest BCUT2D eigenvalue weighted by Gasteiger charge is -2.07. The molecular formula is C21H23N3O3. The van der Waals surface area contributed by atoms with Crippen LogP contribution in [0.5, 0.6) is 5.75 Å². The molecule has 0 bridgehead atoms. The molecule has 0 spiro atoms. The average molecular weight is 365 g/mol. The van der Waals surface area contributed by atoms with E-state index in [0.717, 1.165) is 29.5 Å². The summed E-state index contributed by atoms with van der Waals surface area (Å²) in [5, 5.41) is 10.6. The van der Waals surface area contributed by atoms with Crippen LogP contribution < -0.4 is 10.1 Å². The van der Waals surface area contributed by atoms with Crippen molar-refractivity contribution in [3.8, 4) is 17.2 Å². The Morgan fingerprint density at radius 3 is 2.63 bits per heavy atom. The summed E-state index contributed by atoms with van der Waals surface area (Å²) >= 11 is 0. The zero-order valence-corrected chi connectivity index (χ0v) is 15.8. The van der Waals surface area contributed by atoms with Gasteiger partial charge in [-0.25, -0.2) is 0 Å². The molecule has 0 aliphatic heterocycles. The van der Waals surface area contributed by atoms with Gasteiger partial charge in [0.05, 0.1) is 6.61 Å². The first kappa shape index (κ1) is 18.6. The highest BCUT2D eigenvalue weighted by atomic mass is 16.5. The van der Waals surface area contributed by atoms with E-state index in [4.69, 9.17) is 9.15 Å². The van der Waals surface area contributed by atoms with Crippen molar-refractivity contribution in [1.82, 2.24) is 10.2 Å². The fraction of sp³-hybridized carbons (Fsp3) is 0.286. The standard InChI is InChI=1S/C21H23N3O3/c1-4-5-9-26-18-8-6-7-16(13-18)19(25)22-21-24-23-20(27-21)17-11-14(2)10-15(3)12-17/h6-8,10-13H,4-5,9H2,1-3H3,(H,22,24,25). The lowest BCUT2D eigenvalue weighted by atomic mass is 10.1. The molecule has 0 fully saturated rings. The van der Waals surface area contributed by atoms with E-state index in [0.29, 0.717) is 23.8 Å². The van der Waals surface area contributed by atoms with E-state index in [9.17, 15) is 4.79 Å². The molecule has 0 atom stereocenters. The van der Waals surface area contributed by atoms with Gasteiger partial charge in [-0.1, -0.05) is 41.7 Å². The SMILES string of the molecule is CCCCOc1cccc(C(=O)Nc2nnc(-c3cc(C)cc(C)c3)o2)c1. The van der Waals surface area contributed by atoms with Gasteiger partial charge in [0.15, 0.2) is 0 Å². The Balaban J connectivity index is 1.70. The second kappa shape index (κ2) is 8.49. The second-order valence-corrected chi connectivity index (χ2v) is 6.47. The number of anilines is 1.